The van der Waals surface area contributed by atoms with Crippen molar-refractivity contribution in [2.24, 2.45) is 0 Å². The van der Waals surface area contributed by atoms with Crippen molar-refractivity contribution in [1.29, 1.82) is 0 Å². The molecule has 0 unspecified atom stereocenters. The fraction of sp³-hybridized carbons (Fsp3) is 0.200. The van der Waals surface area contributed by atoms with Crippen LogP contribution < -0.4 is 4.72 Å². The zero-order valence-corrected chi connectivity index (χ0v) is 17.7. The Morgan fingerprint density at radius 1 is 1.10 bits per heavy atom. The number of aryl methyl sites for hydroxylation is 1. The van der Waals surface area contributed by atoms with Crippen LogP contribution in [0.1, 0.15) is 5.56 Å². The highest BCUT2D eigenvalue weighted by Crippen LogP contribution is 2.33. The Labute approximate surface area is 173 Å². The van der Waals surface area contributed by atoms with Crippen LogP contribution in [0.25, 0.3) is 28.0 Å². The molecular formula is C20H21N5O2S2. The highest BCUT2D eigenvalue weighted by molar-refractivity contribution is 7.99. The molecule has 0 spiro atoms. The molecule has 0 aliphatic carbocycles. The first kappa shape index (κ1) is 19.7. The molecule has 2 heterocycles. The molecule has 2 aromatic carbocycles. The van der Waals surface area contributed by atoms with E-state index in [1.807, 2.05) is 60.2 Å². The van der Waals surface area contributed by atoms with E-state index >= 15 is 0 Å². The van der Waals surface area contributed by atoms with Gasteiger partial charge in [-0.15, -0.1) is 10.2 Å². The van der Waals surface area contributed by atoms with Gasteiger partial charge in [0.05, 0.1) is 11.9 Å². The number of sulfonamides is 1. The maximum absolute atomic E-state index is 11.3. The number of nitrogens with zero attached hydrogens (tertiary/aromatic N) is 3. The minimum Gasteiger partial charge on any atom is -0.360 e. The summed E-state index contributed by atoms with van der Waals surface area (Å²) in [6.07, 6.45) is 3.10. The van der Waals surface area contributed by atoms with E-state index in [0.29, 0.717) is 12.3 Å². The Morgan fingerprint density at radius 2 is 1.86 bits per heavy atom. The first-order valence-electron chi connectivity index (χ1n) is 9.09. The van der Waals surface area contributed by atoms with Crippen LogP contribution in [-0.2, 0) is 10.0 Å². The first-order valence-corrected chi connectivity index (χ1v) is 12.0. The molecule has 0 fully saturated rings. The molecule has 0 amide bonds. The SMILES string of the molecule is Cc1ccccc1-n1c(SCCNS(C)(=O)=O)nnc1-c1c[nH]c2ccccc12. The minimum absolute atomic E-state index is 0.326. The van der Waals surface area contributed by atoms with E-state index < -0.39 is 10.0 Å². The fourth-order valence-corrected chi connectivity index (χ4v) is 4.60. The largest absolute Gasteiger partial charge is 0.360 e. The lowest BCUT2D eigenvalue weighted by Gasteiger charge is -2.12. The third-order valence-corrected chi connectivity index (χ3v) is 6.18. The van der Waals surface area contributed by atoms with E-state index in [9.17, 15) is 8.42 Å². The molecule has 29 heavy (non-hydrogen) atoms. The number of fused-ring (bicyclic) bond motifs is 1. The van der Waals surface area contributed by atoms with E-state index in [0.717, 1.165) is 45.0 Å². The number of nitrogens with one attached hydrogen (secondary N) is 2. The quantitative estimate of drug-likeness (QED) is 0.348. The van der Waals surface area contributed by atoms with Gasteiger partial charge in [0.25, 0.3) is 0 Å². The predicted molar refractivity (Wildman–Crippen MR) is 117 cm³/mol. The summed E-state index contributed by atoms with van der Waals surface area (Å²) in [5, 5.41) is 10.7. The number of hydrogen-bond acceptors (Lipinski definition) is 5. The van der Waals surface area contributed by atoms with Crippen molar-refractivity contribution in [3.63, 3.8) is 0 Å². The summed E-state index contributed by atoms with van der Waals surface area (Å²) < 4.78 is 27.2. The zero-order chi connectivity index (χ0) is 20.4. The monoisotopic (exact) mass is 427 g/mol. The normalized spacial score (nSPS) is 11.9. The molecule has 0 saturated carbocycles. The highest BCUT2D eigenvalue weighted by Gasteiger charge is 2.19. The Hall–Kier alpha value is -2.62. The van der Waals surface area contributed by atoms with E-state index in [1.165, 1.54) is 11.8 Å². The third kappa shape index (κ3) is 4.21. The van der Waals surface area contributed by atoms with Gasteiger partial charge >= 0.3 is 0 Å². The second-order valence-electron chi connectivity index (χ2n) is 6.69. The number of rotatable bonds is 7. The van der Waals surface area contributed by atoms with Gasteiger partial charge in [-0.1, -0.05) is 48.2 Å². The standard InChI is InChI=1S/C20H21N5O2S2/c1-14-7-3-6-10-18(14)25-19(16-13-21-17-9-5-4-8-15(16)17)23-24-20(25)28-12-11-22-29(2,26)27/h3-10,13,21-22H,11-12H2,1-2H3. The lowest BCUT2D eigenvalue weighted by molar-refractivity contribution is 0.590. The molecule has 0 aliphatic rings. The Bertz CT molecular complexity index is 1260. The zero-order valence-electron chi connectivity index (χ0n) is 16.1. The second kappa shape index (κ2) is 8.02. The smallest absolute Gasteiger partial charge is 0.208 e. The van der Waals surface area contributed by atoms with Gasteiger partial charge in [0, 0.05) is 35.0 Å². The second-order valence-corrected chi connectivity index (χ2v) is 9.59. The number of H-pyrrole nitrogens is 1. The highest BCUT2D eigenvalue weighted by atomic mass is 32.2. The van der Waals surface area contributed by atoms with Crippen LogP contribution in [0.5, 0.6) is 0 Å². The molecule has 0 saturated heterocycles. The number of para-hydroxylation sites is 2. The van der Waals surface area contributed by atoms with Crippen molar-refractivity contribution in [3.8, 4) is 17.1 Å². The molecular weight excluding hydrogens is 406 g/mol. The molecule has 0 aliphatic heterocycles. The van der Waals surface area contributed by atoms with Crippen LogP contribution in [0.4, 0.5) is 0 Å². The van der Waals surface area contributed by atoms with E-state index in [1.54, 1.807) is 0 Å². The van der Waals surface area contributed by atoms with Crippen molar-refractivity contribution < 1.29 is 8.42 Å². The van der Waals surface area contributed by atoms with Gasteiger partial charge in [0.15, 0.2) is 11.0 Å². The van der Waals surface area contributed by atoms with E-state index in [4.69, 9.17) is 0 Å². The predicted octanol–water partition coefficient (Wildman–Crippen LogP) is 3.37. The van der Waals surface area contributed by atoms with Crippen molar-refractivity contribution in [2.45, 2.75) is 12.1 Å². The lowest BCUT2D eigenvalue weighted by Crippen LogP contribution is -2.24. The minimum atomic E-state index is -3.21. The molecule has 2 N–H and O–H groups in total. The molecule has 0 bridgehead atoms. The fourth-order valence-electron chi connectivity index (χ4n) is 3.20. The van der Waals surface area contributed by atoms with E-state index in [2.05, 4.69) is 26.0 Å². The van der Waals surface area contributed by atoms with Crippen LogP contribution >= 0.6 is 11.8 Å². The van der Waals surface area contributed by atoms with Crippen LogP contribution in [0.15, 0.2) is 59.9 Å². The average Bonchev–Trinajstić information content (AvgIpc) is 3.29. The van der Waals surface area contributed by atoms with Crippen molar-refractivity contribution in [2.75, 3.05) is 18.6 Å². The molecule has 150 valence electrons. The summed E-state index contributed by atoms with van der Waals surface area (Å²) in [7, 11) is -3.21. The summed E-state index contributed by atoms with van der Waals surface area (Å²) >= 11 is 1.47. The Balaban J connectivity index is 1.76. The van der Waals surface area contributed by atoms with Gasteiger partial charge in [-0.05, 0) is 24.6 Å². The summed E-state index contributed by atoms with van der Waals surface area (Å²) in [5.74, 6) is 1.29. The van der Waals surface area contributed by atoms with Gasteiger partial charge in [-0.3, -0.25) is 4.57 Å². The average molecular weight is 428 g/mol. The Morgan fingerprint density at radius 3 is 2.66 bits per heavy atom. The molecule has 0 atom stereocenters. The molecule has 0 radical (unpaired) electrons. The number of hydrogen-bond donors (Lipinski definition) is 2. The third-order valence-electron chi connectivity index (χ3n) is 4.52. The molecule has 4 aromatic rings. The maximum Gasteiger partial charge on any atom is 0.208 e. The summed E-state index contributed by atoms with van der Waals surface area (Å²) in [4.78, 5) is 3.29. The maximum atomic E-state index is 11.3. The van der Waals surface area contributed by atoms with Crippen molar-refractivity contribution in [1.82, 2.24) is 24.5 Å². The molecule has 2 aromatic heterocycles. The van der Waals surface area contributed by atoms with Crippen LogP contribution in [0.2, 0.25) is 0 Å². The number of thioether (sulfide) groups is 1. The molecule has 9 heteroatoms. The lowest BCUT2D eigenvalue weighted by atomic mass is 10.1. The summed E-state index contributed by atoms with van der Waals surface area (Å²) in [6.45, 7) is 2.38. The number of aromatic amines is 1. The number of aromatic nitrogens is 4. The molecule has 4 rings (SSSR count). The summed E-state index contributed by atoms with van der Waals surface area (Å²) in [5.41, 5.74) is 4.10. The van der Waals surface area contributed by atoms with Crippen molar-refractivity contribution in [3.05, 3.63) is 60.3 Å². The first-order chi connectivity index (χ1) is 13.9. The van der Waals surface area contributed by atoms with E-state index in [-0.39, 0.29) is 0 Å². The molecule has 7 nitrogen and oxygen atoms in total. The Kier molecular flexibility index (Phi) is 5.44. The topological polar surface area (TPSA) is 92.7 Å². The van der Waals surface area contributed by atoms with Gasteiger partial charge in [-0.2, -0.15) is 0 Å². The summed E-state index contributed by atoms with van der Waals surface area (Å²) in [6, 6.07) is 16.1. The van der Waals surface area contributed by atoms with Crippen LogP contribution in [0.3, 0.4) is 0 Å². The van der Waals surface area contributed by atoms with Crippen molar-refractivity contribution >= 4 is 32.7 Å². The van der Waals surface area contributed by atoms with Gasteiger partial charge in [0.2, 0.25) is 10.0 Å². The van der Waals surface area contributed by atoms with Crippen LogP contribution in [0, 0.1) is 6.92 Å². The van der Waals surface area contributed by atoms with Gasteiger partial charge < -0.3 is 4.98 Å². The van der Waals surface area contributed by atoms with Crippen LogP contribution in [-0.4, -0.2) is 46.7 Å². The number of benzene rings is 2. The van der Waals surface area contributed by atoms with Gasteiger partial charge in [-0.25, -0.2) is 13.1 Å². The van der Waals surface area contributed by atoms with Gasteiger partial charge in [0.1, 0.15) is 0 Å².